The number of nitrogens with zero attached hydrogens (tertiary/aromatic N) is 2. The van der Waals surface area contributed by atoms with E-state index in [4.69, 9.17) is 14.2 Å². The van der Waals surface area contributed by atoms with E-state index >= 15 is 0 Å². The van der Waals surface area contributed by atoms with Crippen molar-refractivity contribution in [2.24, 2.45) is 0 Å². The highest BCUT2D eigenvalue weighted by atomic mass is 16.5. The summed E-state index contributed by atoms with van der Waals surface area (Å²) in [4.78, 5) is 17.0. The maximum atomic E-state index is 12.5. The molecule has 0 spiro atoms. The molecule has 7 heteroatoms. The van der Waals surface area contributed by atoms with Gasteiger partial charge in [0, 0.05) is 49.7 Å². The number of benzene rings is 2. The largest absolute Gasteiger partial charge is 0.497 e. The summed E-state index contributed by atoms with van der Waals surface area (Å²) < 4.78 is 16.5. The lowest BCUT2D eigenvalue weighted by Crippen LogP contribution is -2.48. The van der Waals surface area contributed by atoms with Gasteiger partial charge >= 0.3 is 0 Å². The van der Waals surface area contributed by atoms with E-state index in [1.807, 2.05) is 50.2 Å². The topological polar surface area (TPSA) is 63.3 Å². The van der Waals surface area contributed by atoms with Crippen molar-refractivity contribution in [1.29, 1.82) is 0 Å². The summed E-state index contributed by atoms with van der Waals surface area (Å²) >= 11 is 0. The van der Waals surface area contributed by atoms with Crippen LogP contribution in [0.4, 0.5) is 11.4 Å². The first-order chi connectivity index (χ1) is 14.6. The summed E-state index contributed by atoms with van der Waals surface area (Å²) in [5, 5.41) is 2.97. The van der Waals surface area contributed by atoms with E-state index in [-0.39, 0.29) is 5.91 Å². The van der Waals surface area contributed by atoms with Crippen molar-refractivity contribution < 1.29 is 19.0 Å². The molecule has 1 saturated heterocycles. The van der Waals surface area contributed by atoms with Crippen LogP contribution < -0.4 is 24.4 Å². The smallest absolute Gasteiger partial charge is 0.238 e. The average Bonchev–Trinajstić information content (AvgIpc) is 2.76. The molecule has 3 rings (SSSR count). The monoisotopic (exact) mass is 413 g/mol. The molecule has 1 heterocycles. The highest BCUT2D eigenvalue weighted by molar-refractivity contribution is 5.92. The summed E-state index contributed by atoms with van der Waals surface area (Å²) in [6.07, 6.45) is 0. The van der Waals surface area contributed by atoms with Crippen molar-refractivity contribution in [3.63, 3.8) is 0 Å². The molecule has 2 aromatic carbocycles. The van der Waals surface area contributed by atoms with E-state index in [1.54, 1.807) is 7.11 Å². The van der Waals surface area contributed by atoms with Crippen LogP contribution >= 0.6 is 0 Å². The van der Waals surface area contributed by atoms with Gasteiger partial charge in [-0.1, -0.05) is 6.07 Å². The van der Waals surface area contributed by atoms with Crippen molar-refractivity contribution in [1.82, 2.24) is 4.90 Å². The first-order valence-electron chi connectivity index (χ1n) is 10.4. The second kappa shape index (κ2) is 10.7. The molecule has 1 fully saturated rings. The number of ether oxygens (including phenoxy) is 3. The second-order valence-electron chi connectivity index (χ2n) is 7.04. The molecular weight excluding hydrogens is 382 g/mol. The Balaban J connectivity index is 1.51. The van der Waals surface area contributed by atoms with Gasteiger partial charge in [0.2, 0.25) is 5.91 Å². The molecule has 1 N–H and O–H groups in total. The number of carbonyl (C=O) groups excluding carboxylic acids is 1. The minimum absolute atomic E-state index is 0.0311. The van der Waals surface area contributed by atoms with E-state index in [2.05, 4.69) is 21.2 Å². The number of hydrogen-bond acceptors (Lipinski definition) is 6. The molecule has 7 nitrogen and oxygen atoms in total. The lowest BCUT2D eigenvalue weighted by molar-refractivity contribution is -0.117. The van der Waals surface area contributed by atoms with Crippen LogP contribution in [0.15, 0.2) is 42.5 Å². The van der Waals surface area contributed by atoms with Gasteiger partial charge in [0.15, 0.2) is 11.5 Å². The van der Waals surface area contributed by atoms with Crippen LogP contribution in [-0.4, -0.2) is 63.9 Å². The van der Waals surface area contributed by atoms with E-state index in [0.29, 0.717) is 36.9 Å². The van der Waals surface area contributed by atoms with Crippen molar-refractivity contribution in [3.05, 3.63) is 42.5 Å². The van der Waals surface area contributed by atoms with Crippen molar-refractivity contribution in [2.75, 3.05) is 63.3 Å². The highest BCUT2D eigenvalue weighted by Crippen LogP contribution is 2.30. The van der Waals surface area contributed by atoms with E-state index < -0.39 is 0 Å². The quantitative estimate of drug-likeness (QED) is 0.681. The molecule has 1 amide bonds. The fourth-order valence-electron chi connectivity index (χ4n) is 3.50. The molecule has 0 bridgehead atoms. The summed E-state index contributed by atoms with van der Waals surface area (Å²) in [5.41, 5.74) is 1.86. The van der Waals surface area contributed by atoms with Crippen molar-refractivity contribution in [3.8, 4) is 17.2 Å². The van der Waals surface area contributed by atoms with Crippen molar-refractivity contribution >= 4 is 17.3 Å². The predicted octanol–water partition coefficient (Wildman–Crippen LogP) is 3.25. The molecule has 30 heavy (non-hydrogen) atoms. The Bertz CT molecular complexity index is 835. The average molecular weight is 414 g/mol. The molecule has 0 atom stereocenters. The van der Waals surface area contributed by atoms with Gasteiger partial charge < -0.3 is 24.4 Å². The third kappa shape index (κ3) is 5.79. The molecule has 162 valence electrons. The summed E-state index contributed by atoms with van der Waals surface area (Å²) in [5.74, 6) is 2.16. The van der Waals surface area contributed by atoms with Crippen LogP contribution in [0.2, 0.25) is 0 Å². The summed E-state index contributed by atoms with van der Waals surface area (Å²) in [7, 11) is 1.68. The van der Waals surface area contributed by atoms with Crippen LogP contribution in [0.25, 0.3) is 0 Å². The lowest BCUT2D eigenvalue weighted by atomic mass is 10.2. The number of carbonyl (C=O) groups is 1. The van der Waals surface area contributed by atoms with Crippen molar-refractivity contribution in [2.45, 2.75) is 13.8 Å². The first-order valence-corrected chi connectivity index (χ1v) is 10.4. The lowest BCUT2D eigenvalue weighted by Gasteiger charge is -2.35. The van der Waals surface area contributed by atoms with Gasteiger partial charge in [0.05, 0.1) is 26.9 Å². The third-order valence-corrected chi connectivity index (χ3v) is 4.99. The van der Waals surface area contributed by atoms with Crippen LogP contribution in [0.3, 0.4) is 0 Å². The first kappa shape index (κ1) is 21.8. The molecule has 1 aliphatic heterocycles. The zero-order chi connectivity index (χ0) is 21.3. The number of anilines is 2. The molecule has 0 aliphatic carbocycles. The molecular formula is C23H31N3O4. The van der Waals surface area contributed by atoms with E-state index in [9.17, 15) is 4.79 Å². The molecule has 0 unspecified atom stereocenters. The van der Waals surface area contributed by atoms with E-state index in [1.165, 1.54) is 0 Å². The number of hydrogen-bond donors (Lipinski definition) is 1. The SMILES string of the molecule is CCOc1ccc(NC(=O)CN2CCN(c3cccc(OC)c3)CC2)cc1OCC. The Morgan fingerprint density at radius 2 is 1.70 bits per heavy atom. The molecule has 0 saturated carbocycles. The van der Waals surface area contributed by atoms with Gasteiger partial charge in [0.1, 0.15) is 5.75 Å². The van der Waals surface area contributed by atoms with Crippen LogP contribution in [0.5, 0.6) is 17.2 Å². The van der Waals surface area contributed by atoms with E-state index in [0.717, 1.165) is 37.6 Å². The molecule has 0 aromatic heterocycles. The van der Waals surface area contributed by atoms with Gasteiger partial charge in [-0.15, -0.1) is 0 Å². The van der Waals surface area contributed by atoms with Crippen LogP contribution in [0.1, 0.15) is 13.8 Å². The van der Waals surface area contributed by atoms with Gasteiger partial charge in [-0.2, -0.15) is 0 Å². The van der Waals surface area contributed by atoms with Gasteiger partial charge in [-0.25, -0.2) is 0 Å². The standard InChI is InChI=1S/C23H31N3O4/c1-4-29-21-10-9-18(15-22(21)30-5-2)24-23(27)17-25-11-13-26(14-12-25)19-7-6-8-20(16-19)28-3/h6-10,15-16H,4-5,11-14,17H2,1-3H3,(H,24,27). The number of piperazine rings is 1. The van der Waals surface area contributed by atoms with Gasteiger partial charge in [0.25, 0.3) is 0 Å². The molecule has 2 aromatic rings. The number of amides is 1. The Hall–Kier alpha value is -2.93. The minimum Gasteiger partial charge on any atom is -0.497 e. The fourth-order valence-corrected chi connectivity index (χ4v) is 3.50. The minimum atomic E-state index is -0.0311. The van der Waals surface area contributed by atoms with Crippen LogP contribution in [-0.2, 0) is 4.79 Å². The normalized spacial score (nSPS) is 14.3. The molecule has 1 aliphatic rings. The Labute approximate surface area is 178 Å². The Morgan fingerprint density at radius 1 is 0.967 bits per heavy atom. The zero-order valence-corrected chi connectivity index (χ0v) is 18.0. The maximum absolute atomic E-state index is 12.5. The number of methoxy groups -OCH3 is 1. The Morgan fingerprint density at radius 3 is 2.40 bits per heavy atom. The van der Waals surface area contributed by atoms with Crippen LogP contribution in [0, 0.1) is 0 Å². The second-order valence-corrected chi connectivity index (χ2v) is 7.04. The van der Waals surface area contributed by atoms with Gasteiger partial charge in [-0.05, 0) is 38.1 Å². The summed E-state index contributed by atoms with van der Waals surface area (Å²) in [6, 6.07) is 13.6. The zero-order valence-electron chi connectivity index (χ0n) is 18.0. The summed E-state index contributed by atoms with van der Waals surface area (Å²) in [6.45, 7) is 8.73. The fraction of sp³-hybridized carbons (Fsp3) is 0.435. The molecule has 0 radical (unpaired) electrons. The number of rotatable bonds is 9. The maximum Gasteiger partial charge on any atom is 0.238 e. The third-order valence-electron chi connectivity index (χ3n) is 4.99. The number of nitrogens with one attached hydrogen (secondary N) is 1. The van der Waals surface area contributed by atoms with Gasteiger partial charge in [-0.3, -0.25) is 9.69 Å². The highest BCUT2D eigenvalue weighted by Gasteiger charge is 2.20. The Kier molecular flexibility index (Phi) is 7.79. The predicted molar refractivity (Wildman–Crippen MR) is 119 cm³/mol.